The van der Waals surface area contributed by atoms with E-state index in [9.17, 15) is 0 Å². The molecule has 0 aliphatic carbocycles. The molecule has 3 aromatic rings. The Morgan fingerprint density at radius 2 is 1.65 bits per heavy atom. The van der Waals surface area contributed by atoms with Gasteiger partial charge in [-0.2, -0.15) is 0 Å². The predicted molar refractivity (Wildman–Crippen MR) is 72.8 cm³/mol. The van der Waals surface area contributed by atoms with E-state index in [0.29, 0.717) is 0 Å². The molecule has 0 saturated heterocycles. The fourth-order valence-corrected chi connectivity index (χ4v) is 2.68. The van der Waals surface area contributed by atoms with Gasteiger partial charge in [-0.05, 0) is 27.1 Å². The molecular weight excluding hydrogens is 206 g/mol. The molecule has 4 rings (SSSR count). The summed E-state index contributed by atoms with van der Waals surface area (Å²) in [5.74, 6) is 0. The lowest BCUT2D eigenvalue weighted by Gasteiger charge is -2.07. The molecular formula is C16H11N. The standard InChI is InChI=1S/C16H11N/c1-2-4-13-11(3-1)5-7-15-14(13)8-6-12-9-17-10-16(12)15/h1-8,10H,9H2. The zero-order chi connectivity index (χ0) is 11.2. The van der Waals surface area contributed by atoms with Crippen molar-refractivity contribution in [2.24, 2.45) is 4.99 Å². The minimum absolute atomic E-state index is 0.831. The molecule has 0 spiro atoms. The maximum Gasteiger partial charge on any atom is 0.0646 e. The third-order valence-corrected chi connectivity index (χ3v) is 3.54. The van der Waals surface area contributed by atoms with Gasteiger partial charge < -0.3 is 0 Å². The van der Waals surface area contributed by atoms with E-state index < -0.39 is 0 Å². The third kappa shape index (κ3) is 1.17. The van der Waals surface area contributed by atoms with Crippen LogP contribution in [0.2, 0.25) is 0 Å². The molecule has 0 aromatic heterocycles. The average Bonchev–Trinajstić information content (AvgIpc) is 2.86. The van der Waals surface area contributed by atoms with Gasteiger partial charge in [0.25, 0.3) is 0 Å². The molecule has 0 atom stereocenters. The van der Waals surface area contributed by atoms with Crippen LogP contribution in [0.3, 0.4) is 0 Å². The lowest BCUT2D eigenvalue weighted by atomic mass is 9.96. The van der Waals surface area contributed by atoms with E-state index in [1.165, 1.54) is 32.7 Å². The highest BCUT2D eigenvalue weighted by atomic mass is 14.7. The van der Waals surface area contributed by atoms with Crippen molar-refractivity contribution < 1.29 is 0 Å². The molecule has 3 aromatic carbocycles. The molecule has 1 nitrogen and oxygen atoms in total. The Bertz CT molecular complexity index is 769. The lowest BCUT2D eigenvalue weighted by Crippen LogP contribution is -1.87. The van der Waals surface area contributed by atoms with E-state index >= 15 is 0 Å². The summed E-state index contributed by atoms with van der Waals surface area (Å²) in [6, 6.07) is 17.4. The Morgan fingerprint density at radius 3 is 2.65 bits per heavy atom. The second-order valence-electron chi connectivity index (χ2n) is 4.49. The van der Waals surface area contributed by atoms with E-state index in [0.717, 1.165) is 6.54 Å². The SMILES string of the molecule is C1=NCc2ccc3c(ccc4ccccc43)c21. The predicted octanol–water partition coefficient (Wildman–Crippen LogP) is 3.93. The molecule has 0 bridgehead atoms. The van der Waals surface area contributed by atoms with Gasteiger partial charge in [-0.25, -0.2) is 0 Å². The molecule has 80 valence electrons. The molecule has 1 aliphatic rings. The average molecular weight is 217 g/mol. The number of hydrogen-bond acceptors (Lipinski definition) is 1. The zero-order valence-electron chi connectivity index (χ0n) is 9.35. The van der Waals surface area contributed by atoms with Crippen LogP contribution in [0, 0.1) is 0 Å². The highest BCUT2D eigenvalue weighted by molar-refractivity contribution is 6.13. The fraction of sp³-hybridized carbons (Fsp3) is 0.0625. The molecule has 1 aliphatic heterocycles. The Hall–Kier alpha value is -2.15. The first-order chi connectivity index (χ1) is 8.43. The molecule has 1 heteroatoms. The molecule has 1 heterocycles. The second kappa shape index (κ2) is 3.17. The Morgan fingerprint density at radius 1 is 0.765 bits per heavy atom. The van der Waals surface area contributed by atoms with Gasteiger partial charge in [-0.3, -0.25) is 4.99 Å². The van der Waals surface area contributed by atoms with Gasteiger partial charge in [0.05, 0.1) is 6.54 Å². The largest absolute Gasteiger partial charge is 0.288 e. The van der Waals surface area contributed by atoms with E-state index in [-0.39, 0.29) is 0 Å². The van der Waals surface area contributed by atoms with Crippen molar-refractivity contribution in [2.45, 2.75) is 6.54 Å². The summed E-state index contributed by atoms with van der Waals surface area (Å²) in [6.45, 7) is 0.831. The number of aliphatic imine (C=N–C) groups is 1. The van der Waals surface area contributed by atoms with Crippen molar-refractivity contribution in [2.75, 3.05) is 0 Å². The van der Waals surface area contributed by atoms with Crippen molar-refractivity contribution in [3.8, 4) is 0 Å². The maximum atomic E-state index is 4.36. The summed E-state index contributed by atoms with van der Waals surface area (Å²) < 4.78 is 0. The van der Waals surface area contributed by atoms with Crippen molar-refractivity contribution in [1.82, 2.24) is 0 Å². The maximum absolute atomic E-state index is 4.36. The van der Waals surface area contributed by atoms with Crippen LogP contribution in [0.15, 0.2) is 53.5 Å². The fourth-order valence-electron chi connectivity index (χ4n) is 2.68. The third-order valence-electron chi connectivity index (χ3n) is 3.54. The van der Waals surface area contributed by atoms with Crippen LogP contribution in [0.25, 0.3) is 21.5 Å². The first kappa shape index (κ1) is 8.94. The molecule has 0 unspecified atom stereocenters. The summed E-state index contributed by atoms with van der Waals surface area (Å²) >= 11 is 0. The smallest absolute Gasteiger partial charge is 0.0646 e. The number of nitrogens with zero attached hydrogens (tertiary/aromatic N) is 1. The summed E-state index contributed by atoms with van der Waals surface area (Å²) in [5.41, 5.74) is 2.64. The monoisotopic (exact) mass is 217 g/mol. The van der Waals surface area contributed by atoms with E-state index in [1.807, 2.05) is 6.21 Å². The minimum atomic E-state index is 0.831. The summed E-state index contributed by atoms with van der Waals surface area (Å²) in [5, 5.41) is 5.28. The van der Waals surface area contributed by atoms with Crippen LogP contribution in [-0.2, 0) is 6.54 Å². The van der Waals surface area contributed by atoms with Gasteiger partial charge in [0.2, 0.25) is 0 Å². The van der Waals surface area contributed by atoms with Crippen LogP contribution in [-0.4, -0.2) is 6.21 Å². The molecule has 0 N–H and O–H groups in total. The number of fused-ring (bicyclic) bond motifs is 5. The van der Waals surface area contributed by atoms with Gasteiger partial charge in [0.15, 0.2) is 0 Å². The Balaban J connectivity index is 2.25. The lowest BCUT2D eigenvalue weighted by molar-refractivity contribution is 1.11. The van der Waals surface area contributed by atoms with Gasteiger partial charge in [0, 0.05) is 11.8 Å². The molecule has 0 saturated carbocycles. The number of benzene rings is 3. The first-order valence-electron chi connectivity index (χ1n) is 5.87. The molecule has 0 radical (unpaired) electrons. The zero-order valence-corrected chi connectivity index (χ0v) is 9.35. The summed E-state index contributed by atoms with van der Waals surface area (Å²) in [6.07, 6.45) is 2.01. The van der Waals surface area contributed by atoms with Crippen molar-refractivity contribution in [3.63, 3.8) is 0 Å². The van der Waals surface area contributed by atoms with E-state index in [2.05, 4.69) is 53.5 Å². The van der Waals surface area contributed by atoms with Crippen LogP contribution in [0.5, 0.6) is 0 Å². The van der Waals surface area contributed by atoms with Crippen molar-refractivity contribution >= 4 is 27.8 Å². The molecule has 0 fully saturated rings. The topological polar surface area (TPSA) is 12.4 Å². The summed E-state index contributed by atoms with van der Waals surface area (Å²) in [4.78, 5) is 4.36. The van der Waals surface area contributed by atoms with Crippen molar-refractivity contribution in [3.05, 3.63) is 59.7 Å². The van der Waals surface area contributed by atoms with Crippen molar-refractivity contribution in [1.29, 1.82) is 0 Å². The molecule has 17 heavy (non-hydrogen) atoms. The first-order valence-corrected chi connectivity index (χ1v) is 5.87. The number of rotatable bonds is 0. The second-order valence-corrected chi connectivity index (χ2v) is 4.49. The quantitative estimate of drug-likeness (QED) is 0.506. The minimum Gasteiger partial charge on any atom is -0.288 e. The van der Waals surface area contributed by atoms with E-state index in [4.69, 9.17) is 0 Å². The Kier molecular flexibility index (Phi) is 1.67. The van der Waals surface area contributed by atoms with Gasteiger partial charge in [-0.15, -0.1) is 0 Å². The van der Waals surface area contributed by atoms with Gasteiger partial charge >= 0.3 is 0 Å². The molecule has 0 amide bonds. The highest BCUT2D eigenvalue weighted by Gasteiger charge is 2.10. The highest BCUT2D eigenvalue weighted by Crippen LogP contribution is 2.30. The van der Waals surface area contributed by atoms with Gasteiger partial charge in [0.1, 0.15) is 0 Å². The van der Waals surface area contributed by atoms with Crippen LogP contribution in [0.4, 0.5) is 0 Å². The Labute approximate surface area is 99.4 Å². The normalized spacial score (nSPS) is 13.4. The van der Waals surface area contributed by atoms with Crippen LogP contribution in [0.1, 0.15) is 11.1 Å². The van der Waals surface area contributed by atoms with E-state index in [1.54, 1.807) is 0 Å². The van der Waals surface area contributed by atoms with Crippen LogP contribution < -0.4 is 0 Å². The van der Waals surface area contributed by atoms with Gasteiger partial charge in [-0.1, -0.05) is 48.5 Å². The number of hydrogen-bond donors (Lipinski definition) is 0. The van der Waals surface area contributed by atoms with Crippen LogP contribution >= 0.6 is 0 Å². The summed E-state index contributed by atoms with van der Waals surface area (Å²) in [7, 11) is 0.